The number of rotatable bonds is 7. The number of hydrogen-bond donors (Lipinski definition) is 1. The highest BCUT2D eigenvalue weighted by molar-refractivity contribution is 5.74. The predicted octanol–water partition coefficient (Wildman–Crippen LogP) is 2.23. The van der Waals surface area contributed by atoms with Crippen molar-refractivity contribution in [1.82, 2.24) is 15.1 Å². The Kier molecular flexibility index (Phi) is 6.25. The lowest BCUT2D eigenvalue weighted by Crippen LogP contribution is -2.40. The van der Waals surface area contributed by atoms with Crippen LogP contribution in [0, 0.1) is 11.8 Å². The molecule has 0 spiro atoms. The average molecular weight is 361 g/mol. The highest BCUT2D eigenvalue weighted by Crippen LogP contribution is 2.30. The molecule has 1 N–H and O–H groups in total. The molecular weight excluding hydrogens is 330 g/mol. The third-order valence-electron chi connectivity index (χ3n) is 5.34. The Balaban J connectivity index is 1.45. The van der Waals surface area contributed by atoms with Gasteiger partial charge < -0.3 is 24.6 Å². The molecule has 0 unspecified atom stereocenters. The Labute approximate surface area is 156 Å². The van der Waals surface area contributed by atoms with E-state index in [-0.39, 0.29) is 6.03 Å². The summed E-state index contributed by atoms with van der Waals surface area (Å²) in [5.41, 5.74) is 1.13. The summed E-state index contributed by atoms with van der Waals surface area (Å²) >= 11 is 0. The molecule has 26 heavy (non-hydrogen) atoms. The molecule has 0 aromatic heterocycles. The van der Waals surface area contributed by atoms with Crippen molar-refractivity contribution < 1.29 is 14.3 Å². The molecule has 3 rings (SSSR count). The Hall–Kier alpha value is -1.95. The number of carbonyl (C=O) groups is 1. The van der Waals surface area contributed by atoms with E-state index in [0.717, 1.165) is 56.1 Å². The number of likely N-dealkylation sites (tertiary alicyclic amines) is 2. The van der Waals surface area contributed by atoms with E-state index >= 15 is 0 Å². The van der Waals surface area contributed by atoms with Gasteiger partial charge in [-0.15, -0.1) is 0 Å². The van der Waals surface area contributed by atoms with Gasteiger partial charge in [0.15, 0.2) is 11.5 Å². The van der Waals surface area contributed by atoms with Crippen molar-refractivity contribution in [1.29, 1.82) is 0 Å². The van der Waals surface area contributed by atoms with Crippen molar-refractivity contribution in [3.8, 4) is 11.5 Å². The molecule has 1 aromatic rings. The standard InChI is InChI=1S/C20H31N3O3/c1-4-9-26-18-6-5-15(10-19(18)25-3)7-8-21-20(24)23-13-16-11-22(2)12-17(16)14-23/h5-6,10,16-17H,4,7-9,11-14H2,1-3H3,(H,21,24)/t16-,17+. The number of hydrogen-bond acceptors (Lipinski definition) is 4. The largest absolute Gasteiger partial charge is 0.493 e. The first-order valence-corrected chi connectivity index (χ1v) is 9.61. The number of carbonyl (C=O) groups excluding carboxylic acids is 1. The summed E-state index contributed by atoms with van der Waals surface area (Å²) in [5, 5.41) is 3.06. The first kappa shape index (κ1) is 18.8. The smallest absolute Gasteiger partial charge is 0.317 e. The van der Waals surface area contributed by atoms with E-state index < -0.39 is 0 Å². The molecule has 6 heteroatoms. The second kappa shape index (κ2) is 8.62. The van der Waals surface area contributed by atoms with Crippen LogP contribution in [0.4, 0.5) is 4.79 Å². The quantitative estimate of drug-likeness (QED) is 0.809. The number of ether oxygens (including phenoxy) is 2. The van der Waals surface area contributed by atoms with Gasteiger partial charge in [0.1, 0.15) is 0 Å². The van der Waals surface area contributed by atoms with Crippen molar-refractivity contribution in [3.05, 3.63) is 23.8 Å². The summed E-state index contributed by atoms with van der Waals surface area (Å²) in [4.78, 5) is 16.7. The summed E-state index contributed by atoms with van der Waals surface area (Å²) in [5.74, 6) is 2.81. The van der Waals surface area contributed by atoms with Crippen molar-refractivity contribution in [2.24, 2.45) is 11.8 Å². The molecule has 2 atom stereocenters. The third kappa shape index (κ3) is 4.41. The van der Waals surface area contributed by atoms with Gasteiger partial charge in [-0.25, -0.2) is 4.79 Å². The van der Waals surface area contributed by atoms with Crippen LogP contribution in [0.1, 0.15) is 18.9 Å². The Morgan fingerprint density at radius 2 is 1.92 bits per heavy atom. The van der Waals surface area contributed by atoms with E-state index in [2.05, 4.69) is 24.2 Å². The minimum atomic E-state index is 0.0666. The molecule has 0 aliphatic carbocycles. The van der Waals surface area contributed by atoms with E-state index in [1.807, 2.05) is 23.1 Å². The minimum absolute atomic E-state index is 0.0666. The van der Waals surface area contributed by atoms with Crippen LogP contribution in [0.2, 0.25) is 0 Å². The topological polar surface area (TPSA) is 54.0 Å². The van der Waals surface area contributed by atoms with E-state index in [4.69, 9.17) is 9.47 Å². The first-order valence-electron chi connectivity index (χ1n) is 9.61. The highest BCUT2D eigenvalue weighted by atomic mass is 16.5. The summed E-state index contributed by atoms with van der Waals surface area (Å²) in [7, 11) is 3.82. The molecular formula is C20H31N3O3. The van der Waals surface area contributed by atoms with Gasteiger partial charge in [0.2, 0.25) is 0 Å². The van der Waals surface area contributed by atoms with Gasteiger partial charge in [-0.3, -0.25) is 0 Å². The molecule has 2 fully saturated rings. The fourth-order valence-electron chi connectivity index (χ4n) is 4.02. The van der Waals surface area contributed by atoms with Crippen LogP contribution < -0.4 is 14.8 Å². The van der Waals surface area contributed by atoms with Gasteiger partial charge in [0, 0.05) is 32.7 Å². The van der Waals surface area contributed by atoms with Gasteiger partial charge in [-0.05, 0) is 49.4 Å². The molecule has 144 valence electrons. The lowest BCUT2D eigenvalue weighted by molar-refractivity contribution is 0.202. The summed E-state index contributed by atoms with van der Waals surface area (Å²) in [6, 6.07) is 6.05. The number of benzene rings is 1. The molecule has 2 heterocycles. The van der Waals surface area contributed by atoms with Crippen LogP contribution in [-0.2, 0) is 6.42 Å². The lowest BCUT2D eigenvalue weighted by atomic mass is 10.0. The van der Waals surface area contributed by atoms with Crippen LogP contribution >= 0.6 is 0 Å². The van der Waals surface area contributed by atoms with Gasteiger partial charge in [-0.2, -0.15) is 0 Å². The number of nitrogens with one attached hydrogen (secondary N) is 1. The number of amides is 2. The van der Waals surface area contributed by atoms with Crippen LogP contribution in [0.3, 0.4) is 0 Å². The Morgan fingerprint density at radius 3 is 2.58 bits per heavy atom. The number of nitrogens with zero attached hydrogens (tertiary/aromatic N) is 2. The van der Waals surface area contributed by atoms with E-state index in [1.165, 1.54) is 0 Å². The van der Waals surface area contributed by atoms with Crippen molar-refractivity contribution >= 4 is 6.03 Å². The maximum absolute atomic E-state index is 12.4. The zero-order chi connectivity index (χ0) is 18.5. The van der Waals surface area contributed by atoms with Crippen LogP contribution in [0.15, 0.2) is 18.2 Å². The van der Waals surface area contributed by atoms with Crippen LogP contribution in [0.25, 0.3) is 0 Å². The molecule has 2 aliphatic heterocycles. The molecule has 1 aromatic carbocycles. The molecule has 0 radical (unpaired) electrons. The summed E-state index contributed by atoms with van der Waals surface area (Å²) in [6.07, 6.45) is 1.74. The van der Waals surface area contributed by atoms with Crippen molar-refractivity contribution in [2.75, 3.05) is 53.5 Å². The first-order chi connectivity index (χ1) is 12.6. The van der Waals surface area contributed by atoms with Crippen LogP contribution in [0.5, 0.6) is 11.5 Å². The van der Waals surface area contributed by atoms with Crippen LogP contribution in [-0.4, -0.2) is 69.3 Å². The second-order valence-electron chi connectivity index (χ2n) is 7.46. The minimum Gasteiger partial charge on any atom is -0.493 e. The van der Waals surface area contributed by atoms with Gasteiger partial charge in [0.05, 0.1) is 13.7 Å². The number of methoxy groups -OCH3 is 1. The fraction of sp³-hybridized carbons (Fsp3) is 0.650. The van der Waals surface area contributed by atoms with Crippen molar-refractivity contribution in [3.63, 3.8) is 0 Å². The van der Waals surface area contributed by atoms with Gasteiger partial charge in [-0.1, -0.05) is 13.0 Å². The average Bonchev–Trinajstić information content (AvgIpc) is 3.17. The fourth-order valence-corrected chi connectivity index (χ4v) is 4.02. The second-order valence-corrected chi connectivity index (χ2v) is 7.46. The van der Waals surface area contributed by atoms with Gasteiger partial charge in [0.25, 0.3) is 0 Å². The summed E-state index contributed by atoms with van der Waals surface area (Å²) in [6.45, 7) is 7.38. The lowest BCUT2D eigenvalue weighted by Gasteiger charge is -2.20. The van der Waals surface area contributed by atoms with Gasteiger partial charge >= 0.3 is 6.03 Å². The number of fused-ring (bicyclic) bond motifs is 1. The summed E-state index contributed by atoms with van der Waals surface area (Å²) < 4.78 is 11.1. The Bertz CT molecular complexity index is 608. The maximum atomic E-state index is 12.4. The molecule has 0 saturated carbocycles. The van der Waals surface area contributed by atoms with E-state index in [1.54, 1.807) is 7.11 Å². The molecule has 2 aliphatic rings. The molecule has 0 bridgehead atoms. The zero-order valence-electron chi connectivity index (χ0n) is 16.2. The SMILES string of the molecule is CCCOc1ccc(CCNC(=O)N2C[C@H]3CN(C)C[C@H]3C2)cc1OC. The Morgan fingerprint density at radius 1 is 1.19 bits per heavy atom. The molecule has 2 amide bonds. The monoisotopic (exact) mass is 361 g/mol. The number of urea groups is 1. The molecule has 6 nitrogen and oxygen atoms in total. The predicted molar refractivity (Wildman–Crippen MR) is 102 cm³/mol. The maximum Gasteiger partial charge on any atom is 0.317 e. The van der Waals surface area contributed by atoms with E-state index in [0.29, 0.717) is 25.0 Å². The van der Waals surface area contributed by atoms with E-state index in [9.17, 15) is 4.79 Å². The zero-order valence-corrected chi connectivity index (χ0v) is 16.2. The molecule has 2 saturated heterocycles. The normalized spacial score (nSPS) is 22.3. The highest BCUT2D eigenvalue weighted by Gasteiger charge is 2.40. The third-order valence-corrected chi connectivity index (χ3v) is 5.34. The van der Waals surface area contributed by atoms with Crippen molar-refractivity contribution in [2.45, 2.75) is 19.8 Å².